The van der Waals surface area contributed by atoms with Crippen molar-refractivity contribution in [1.29, 1.82) is 0 Å². The number of hydrogen-bond acceptors (Lipinski definition) is 2. The average molecular weight is 369 g/mol. The molecule has 1 fully saturated rings. The second-order valence-electron chi connectivity index (χ2n) is 7.04. The zero-order valence-corrected chi connectivity index (χ0v) is 15.5. The zero-order valence-electron chi connectivity index (χ0n) is 14.7. The Morgan fingerprint density at radius 3 is 2.65 bits per heavy atom. The van der Waals surface area contributed by atoms with E-state index in [0.717, 1.165) is 17.7 Å². The summed E-state index contributed by atoms with van der Waals surface area (Å²) in [5.74, 6) is -0.715. The quantitative estimate of drug-likeness (QED) is 0.760. The van der Waals surface area contributed by atoms with Crippen LogP contribution in [-0.2, 0) is 22.6 Å². The van der Waals surface area contributed by atoms with Crippen LogP contribution in [0.4, 0.5) is 5.69 Å². The Bertz CT molecular complexity index is 880. The van der Waals surface area contributed by atoms with Gasteiger partial charge in [0, 0.05) is 30.3 Å². The van der Waals surface area contributed by atoms with E-state index >= 15 is 0 Å². The molecule has 0 saturated carbocycles. The SMILES string of the molecule is Cc1cc(Cl)ccc1N1CCC(C(=O)N2CCc3ccccc3C2)C1=O. The molecular formula is C21H21ClN2O2. The fourth-order valence-corrected chi connectivity index (χ4v) is 4.20. The lowest BCUT2D eigenvalue weighted by atomic mass is 9.98. The Kier molecular flexibility index (Phi) is 4.45. The van der Waals surface area contributed by atoms with Gasteiger partial charge in [-0.25, -0.2) is 0 Å². The highest BCUT2D eigenvalue weighted by Crippen LogP contribution is 2.31. The fourth-order valence-electron chi connectivity index (χ4n) is 3.97. The maximum Gasteiger partial charge on any atom is 0.239 e. The van der Waals surface area contributed by atoms with Crippen molar-refractivity contribution >= 4 is 29.1 Å². The number of benzene rings is 2. The van der Waals surface area contributed by atoms with Gasteiger partial charge in [-0.05, 0) is 54.7 Å². The van der Waals surface area contributed by atoms with Gasteiger partial charge in [0.2, 0.25) is 11.8 Å². The predicted octanol–water partition coefficient (Wildman–Crippen LogP) is 3.59. The lowest BCUT2D eigenvalue weighted by Gasteiger charge is -2.30. The first kappa shape index (κ1) is 17.1. The van der Waals surface area contributed by atoms with Gasteiger partial charge in [0.15, 0.2) is 0 Å². The molecule has 1 saturated heterocycles. The summed E-state index contributed by atoms with van der Waals surface area (Å²) in [6, 6.07) is 13.7. The lowest BCUT2D eigenvalue weighted by molar-refractivity contribution is -0.140. The first-order valence-electron chi connectivity index (χ1n) is 8.97. The van der Waals surface area contributed by atoms with Crippen LogP contribution in [0.5, 0.6) is 0 Å². The van der Waals surface area contributed by atoms with Crippen LogP contribution in [-0.4, -0.2) is 29.8 Å². The molecule has 0 radical (unpaired) electrons. The molecule has 0 aliphatic carbocycles. The minimum absolute atomic E-state index is 0.0429. The number of amides is 2. The number of halogens is 1. The summed E-state index contributed by atoms with van der Waals surface area (Å²) >= 11 is 6.02. The molecule has 0 aromatic heterocycles. The Morgan fingerprint density at radius 2 is 1.88 bits per heavy atom. The Labute approximate surface area is 158 Å². The highest BCUT2D eigenvalue weighted by atomic mass is 35.5. The lowest BCUT2D eigenvalue weighted by Crippen LogP contribution is -2.42. The number of anilines is 1. The molecular weight excluding hydrogens is 348 g/mol. The number of hydrogen-bond donors (Lipinski definition) is 0. The Morgan fingerprint density at radius 1 is 1.12 bits per heavy atom. The van der Waals surface area contributed by atoms with Crippen LogP contribution in [0.15, 0.2) is 42.5 Å². The van der Waals surface area contributed by atoms with Crippen molar-refractivity contribution in [3.05, 3.63) is 64.2 Å². The number of carbonyl (C=O) groups excluding carboxylic acids is 2. The van der Waals surface area contributed by atoms with Gasteiger partial charge in [-0.1, -0.05) is 35.9 Å². The molecule has 5 heteroatoms. The third kappa shape index (κ3) is 2.99. The normalized spacial score (nSPS) is 19.6. The third-order valence-corrected chi connectivity index (χ3v) is 5.63. The van der Waals surface area contributed by atoms with E-state index in [0.29, 0.717) is 31.1 Å². The van der Waals surface area contributed by atoms with Crippen molar-refractivity contribution < 1.29 is 9.59 Å². The smallest absolute Gasteiger partial charge is 0.239 e. The van der Waals surface area contributed by atoms with Crippen molar-refractivity contribution in [2.75, 3.05) is 18.0 Å². The second-order valence-corrected chi connectivity index (χ2v) is 7.48. The Balaban J connectivity index is 1.51. The van der Waals surface area contributed by atoms with Gasteiger partial charge in [0.25, 0.3) is 0 Å². The van der Waals surface area contributed by atoms with Gasteiger partial charge in [0.05, 0.1) is 0 Å². The minimum Gasteiger partial charge on any atom is -0.337 e. The maximum absolute atomic E-state index is 13.0. The number of aryl methyl sites for hydroxylation is 1. The van der Waals surface area contributed by atoms with E-state index in [9.17, 15) is 9.59 Å². The second kappa shape index (κ2) is 6.76. The van der Waals surface area contributed by atoms with Gasteiger partial charge in [0.1, 0.15) is 5.92 Å². The van der Waals surface area contributed by atoms with Gasteiger partial charge in [-0.15, -0.1) is 0 Å². The van der Waals surface area contributed by atoms with Crippen molar-refractivity contribution in [3.63, 3.8) is 0 Å². The molecule has 26 heavy (non-hydrogen) atoms. The van der Waals surface area contributed by atoms with Crippen LogP contribution in [0, 0.1) is 12.8 Å². The van der Waals surface area contributed by atoms with Crippen LogP contribution in [0.2, 0.25) is 5.02 Å². The molecule has 1 unspecified atom stereocenters. The van der Waals surface area contributed by atoms with E-state index in [1.807, 2.05) is 36.1 Å². The Hall–Kier alpha value is -2.33. The van der Waals surface area contributed by atoms with Gasteiger partial charge in [-0.2, -0.15) is 0 Å². The summed E-state index contributed by atoms with van der Waals surface area (Å²) < 4.78 is 0. The molecule has 1 atom stereocenters. The van der Waals surface area contributed by atoms with Crippen LogP contribution >= 0.6 is 11.6 Å². The zero-order chi connectivity index (χ0) is 18.3. The highest BCUT2D eigenvalue weighted by molar-refractivity contribution is 6.30. The average Bonchev–Trinajstić information content (AvgIpc) is 3.02. The van der Waals surface area contributed by atoms with Crippen LogP contribution in [0.25, 0.3) is 0 Å². The summed E-state index contributed by atoms with van der Waals surface area (Å²) in [4.78, 5) is 29.5. The number of fused-ring (bicyclic) bond motifs is 1. The molecule has 4 nitrogen and oxygen atoms in total. The van der Waals surface area contributed by atoms with Crippen LogP contribution in [0.3, 0.4) is 0 Å². The largest absolute Gasteiger partial charge is 0.337 e. The minimum atomic E-state index is -0.574. The van der Waals surface area contributed by atoms with E-state index in [4.69, 9.17) is 11.6 Å². The van der Waals surface area contributed by atoms with Gasteiger partial charge >= 0.3 is 0 Å². The summed E-state index contributed by atoms with van der Waals surface area (Å²) in [7, 11) is 0. The molecule has 2 aliphatic rings. The number of carbonyl (C=O) groups is 2. The third-order valence-electron chi connectivity index (χ3n) is 5.40. The summed E-state index contributed by atoms with van der Waals surface area (Å²) in [5, 5.41) is 0.650. The molecule has 0 N–H and O–H groups in total. The first-order valence-corrected chi connectivity index (χ1v) is 9.35. The molecule has 0 bridgehead atoms. The van der Waals surface area contributed by atoms with Crippen molar-refractivity contribution in [2.24, 2.45) is 5.92 Å². The van der Waals surface area contributed by atoms with E-state index in [2.05, 4.69) is 12.1 Å². The topological polar surface area (TPSA) is 40.6 Å². The predicted molar refractivity (Wildman–Crippen MR) is 102 cm³/mol. The van der Waals surface area contributed by atoms with E-state index in [-0.39, 0.29) is 11.8 Å². The molecule has 2 amide bonds. The number of rotatable bonds is 2. The molecule has 2 heterocycles. The molecule has 2 aromatic carbocycles. The molecule has 2 aliphatic heterocycles. The summed E-state index contributed by atoms with van der Waals surface area (Å²) in [6.07, 6.45) is 1.42. The highest BCUT2D eigenvalue weighted by Gasteiger charge is 2.40. The molecule has 134 valence electrons. The van der Waals surface area contributed by atoms with Crippen LogP contribution in [0.1, 0.15) is 23.1 Å². The van der Waals surface area contributed by atoms with Gasteiger partial charge < -0.3 is 9.80 Å². The van der Waals surface area contributed by atoms with Crippen molar-refractivity contribution in [2.45, 2.75) is 26.3 Å². The summed E-state index contributed by atoms with van der Waals surface area (Å²) in [6.45, 7) is 3.78. The molecule has 0 spiro atoms. The van der Waals surface area contributed by atoms with E-state index in [1.165, 1.54) is 11.1 Å². The first-order chi connectivity index (χ1) is 12.5. The van der Waals surface area contributed by atoms with Gasteiger partial charge in [-0.3, -0.25) is 9.59 Å². The fraction of sp³-hybridized carbons (Fsp3) is 0.333. The van der Waals surface area contributed by atoms with E-state index < -0.39 is 5.92 Å². The molecule has 2 aromatic rings. The maximum atomic E-state index is 13.0. The van der Waals surface area contributed by atoms with Crippen molar-refractivity contribution in [1.82, 2.24) is 4.90 Å². The number of nitrogens with zero attached hydrogens (tertiary/aromatic N) is 2. The molecule has 4 rings (SSSR count). The monoisotopic (exact) mass is 368 g/mol. The van der Waals surface area contributed by atoms with Crippen molar-refractivity contribution in [3.8, 4) is 0 Å². The van der Waals surface area contributed by atoms with Crippen LogP contribution < -0.4 is 4.90 Å². The standard InChI is InChI=1S/C21H21ClN2O2/c1-14-12-17(22)6-7-19(14)24-11-9-18(21(24)26)20(25)23-10-8-15-4-2-3-5-16(15)13-23/h2-7,12,18H,8-11,13H2,1H3. The van der Waals surface area contributed by atoms with E-state index in [1.54, 1.807) is 11.0 Å². The summed E-state index contributed by atoms with van der Waals surface area (Å²) in [5.41, 5.74) is 4.28.